The van der Waals surface area contributed by atoms with E-state index >= 15 is 0 Å². The van der Waals surface area contributed by atoms with Crippen LogP contribution in [0.1, 0.15) is 30.0 Å². The second kappa shape index (κ2) is 9.79. The van der Waals surface area contributed by atoms with Gasteiger partial charge in [-0.3, -0.25) is 4.79 Å². The zero-order chi connectivity index (χ0) is 21.8. The Morgan fingerprint density at radius 2 is 1.97 bits per heavy atom. The van der Waals surface area contributed by atoms with Crippen LogP contribution >= 0.6 is 23.1 Å². The van der Waals surface area contributed by atoms with E-state index in [9.17, 15) is 4.79 Å². The van der Waals surface area contributed by atoms with Crippen LogP contribution in [0, 0.1) is 0 Å². The van der Waals surface area contributed by atoms with Gasteiger partial charge in [0.2, 0.25) is 11.0 Å². The van der Waals surface area contributed by atoms with E-state index in [-0.39, 0.29) is 11.9 Å². The molecule has 32 heavy (non-hydrogen) atoms. The average molecular weight is 469 g/mol. The predicted molar refractivity (Wildman–Crippen MR) is 126 cm³/mol. The van der Waals surface area contributed by atoms with Crippen molar-refractivity contribution in [1.29, 1.82) is 0 Å². The first-order valence-electron chi connectivity index (χ1n) is 10.7. The number of rotatable bonds is 7. The Hall–Kier alpha value is -2.78. The summed E-state index contributed by atoms with van der Waals surface area (Å²) in [7, 11) is 0. The molecule has 9 heteroatoms. The van der Waals surface area contributed by atoms with E-state index in [1.165, 1.54) is 28.7 Å². The van der Waals surface area contributed by atoms with Crippen LogP contribution in [0.25, 0.3) is 0 Å². The Labute approximate surface area is 195 Å². The summed E-state index contributed by atoms with van der Waals surface area (Å²) in [4.78, 5) is 15.0. The lowest BCUT2D eigenvalue weighted by molar-refractivity contribution is -0.129. The lowest BCUT2D eigenvalue weighted by Crippen LogP contribution is -2.32. The van der Waals surface area contributed by atoms with Crippen molar-refractivity contribution in [3.8, 4) is 11.5 Å². The van der Waals surface area contributed by atoms with Gasteiger partial charge < -0.3 is 19.7 Å². The zero-order valence-corrected chi connectivity index (χ0v) is 19.2. The largest absolute Gasteiger partial charge is 0.486 e. The van der Waals surface area contributed by atoms with Crippen molar-refractivity contribution in [2.45, 2.75) is 29.8 Å². The third-order valence-corrected chi connectivity index (χ3v) is 7.54. The first kappa shape index (κ1) is 21.1. The van der Waals surface area contributed by atoms with Crippen LogP contribution < -0.4 is 14.8 Å². The molecule has 166 valence electrons. The minimum atomic E-state index is 0.0800. The average Bonchev–Trinajstić information content (AvgIpc) is 3.51. The molecule has 7 nitrogen and oxygen atoms in total. The number of hydrogen-bond acceptors (Lipinski definition) is 8. The maximum Gasteiger partial charge on any atom is 0.233 e. The molecule has 2 aliphatic heterocycles. The molecule has 0 unspecified atom stereocenters. The number of thioether (sulfide) groups is 1. The predicted octanol–water partition coefficient (Wildman–Crippen LogP) is 4.38. The van der Waals surface area contributed by atoms with Crippen molar-refractivity contribution in [3.63, 3.8) is 0 Å². The Bertz CT molecular complexity index is 1080. The maximum absolute atomic E-state index is 13.0. The quantitative estimate of drug-likeness (QED) is 0.516. The molecule has 2 aromatic carbocycles. The molecule has 5 rings (SSSR count). The van der Waals surface area contributed by atoms with Crippen molar-refractivity contribution < 1.29 is 14.3 Å². The zero-order valence-electron chi connectivity index (χ0n) is 17.5. The fraction of sp³-hybridized carbons (Fsp3) is 0.348. The second-order valence-corrected chi connectivity index (χ2v) is 9.85. The molecular formula is C23H24N4O3S2. The van der Waals surface area contributed by atoms with Gasteiger partial charge in [0, 0.05) is 13.1 Å². The summed E-state index contributed by atoms with van der Waals surface area (Å²) < 4.78 is 12.1. The third-order valence-electron chi connectivity index (χ3n) is 5.54. The van der Waals surface area contributed by atoms with Crippen LogP contribution in [0.5, 0.6) is 11.5 Å². The Balaban J connectivity index is 1.17. The van der Waals surface area contributed by atoms with Gasteiger partial charge in [0.05, 0.1) is 11.8 Å². The molecule has 2 aliphatic rings. The number of nitrogens with one attached hydrogen (secondary N) is 1. The number of ether oxygens (including phenoxy) is 2. The Kier molecular flexibility index (Phi) is 6.45. The number of nitrogens with zero attached hydrogens (tertiary/aromatic N) is 3. The first-order valence-corrected chi connectivity index (χ1v) is 12.5. The number of amides is 1. The van der Waals surface area contributed by atoms with Gasteiger partial charge in [-0.25, -0.2) is 0 Å². The molecule has 3 heterocycles. The molecule has 1 fully saturated rings. The summed E-state index contributed by atoms with van der Waals surface area (Å²) in [5.74, 6) is 2.03. The fourth-order valence-corrected chi connectivity index (χ4v) is 5.63. The Morgan fingerprint density at radius 3 is 2.84 bits per heavy atom. The molecule has 0 bridgehead atoms. The van der Waals surface area contributed by atoms with Gasteiger partial charge in [0.25, 0.3) is 0 Å². The van der Waals surface area contributed by atoms with Crippen LogP contribution in [0.2, 0.25) is 0 Å². The molecule has 0 aliphatic carbocycles. The van der Waals surface area contributed by atoms with E-state index in [4.69, 9.17) is 9.47 Å². The highest BCUT2D eigenvalue weighted by Crippen LogP contribution is 2.38. The van der Waals surface area contributed by atoms with Crippen LogP contribution in [-0.4, -0.2) is 46.5 Å². The fourth-order valence-electron chi connectivity index (χ4n) is 4.00. The second-order valence-electron chi connectivity index (χ2n) is 7.65. The van der Waals surface area contributed by atoms with Crippen molar-refractivity contribution in [1.82, 2.24) is 15.1 Å². The lowest BCUT2D eigenvalue weighted by Gasteiger charge is -2.26. The third kappa shape index (κ3) is 4.83. The van der Waals surface area contributed by atoms with E-state index in [0.29, 0.717) is 25.5 Å². The van der Waals surface area contributed by atoms with Crippen LogP contribution in [0.3, 0.4) is 0 Å². The molecule has 1 atom stereocenters. The van der Waals surface area contributed by atoms with Crippen molar-refractivity contribution in [3.05, 3.63) is 59.7 Å². The van der Waals surface area contributed by atoms with Gasteiger partial charge in [-0.2, -0.15) is 0 Å². The van der Waals surface area contributed by atoms with E-state index in [2.05, 4.69) is 27.6 Å². The van der Waals surface area contributed by atoms with Gasteiger partial charge in [0.15, 0.2) is 15.8 Å². The summed E-state index contributed by atoms with van der Waals surface area (Å²) >= 11 is 2.92. The number of benzene rings is 2. The normalized spacial score (nSPS) is 17.4. The number of carbonyl (C=O) groups is 1. The van der Waals surface area contributed by atoms with Crippen molar-refractivity contribution in [2.75, 3.05) is 30.8 Å². The standard InChI is InChI=1S/C23H24N4O3S2/c28-21(15-31-23-26-25-22(32-23)24-14-16-5-2-1-3-6-16)27-10-4-7-18(27)17-8-9-19-20(13-17)30-12-11-29-19/h1-3,5-6,8-9,13,18H,4,7,10-12,14-15H2,(H,24,25)/t18-/m1/s1. The molecule has 1 N–H and O–H groups in total. The number of hydrogen-bond donors (Lipinski definition) is 1. The highest BCUT2D eigenvalue weighted by molar-refractivity contribution is 8.01. The summed E-state index contributed by atoms with van der Waals surface area (Å²) in [5, 5.41) is 12.5. The van der Waals surface area contributed by atoms with Gasteiger partial charge in [-0.15, -0.1) is 10.2 Å². The topological polar surface area (TPSA) is 76.6 Å². The molecule has 1 amide bonds. The van der Waals surface area contributed by atoms with Gasteiger partial charge >= 0.3 is 0 Å². The van der Waals surface area contributed by atoms with Crippen molar-refractivity contribution in [2.24, 2.45) is 0 Å². The number of fused-ring (bicyclic) bond motifs is 1. The minimum absolute atomic E-state index is 0.0800. The highest BCUT2D eigenvalue weighted by atomic mass is 32.2. The summed E-state index contributed by atoms with van der Waals surface area (Å²) in [6, 6.07) is 16.3. The summed E-state index contributed by atoms with van der Waals surface area (Å²) in [5.41, 5.74) is 2.29. The van der Waals surface area contributed by atoms with Crippen LogP contribution in [0.15, 0.2) is 52.9 Å². The van der Waals surface area contributed by atoms with Crippen molar-refractivity contribution >= 4 is 34.1 Å². The minimum Gasteiger partial charge on any atom is -0.486 e. The Morgan fingerprint density at radius 1 is 1.12 bits per heavy atom. The van der Waals surface area contributed by atoms with Crippen LogP contribution in [0.4, 0.5) is 5.13 Å². The lowest BCUT2D eigenvalue weighted by atomic mass is 10.0. The van der Waals surface area contributed by atoms with Crippen LogP contribution in [-0.2, 0) is 11.3 Å². The molecule has 0 radical (unpaired) electrons. The van der Waals surface area contributed by atoms with Gasteiger partial charge in [-0.1, -0.05) is 59.5 Å². The number of carbonyl (C=O) groups excluding carboxylic acids is 1. The summed E-state index contributed by atoms with van der Waals surface area (Å²) in [6.45, 7) is 2.61. The molecule has 1 aromatic heterocycles. The molecule has 3 aromatic rings. The number of aromatic nitrogens is 2. The van der Waals surface area contributed by atoms with E-state index in [1.54, 1.807) is 0 Å². The highest BCUT2D eigenvalue weighted by Gasteiger charge is 2.31. The first-order chi connectivity index (χ1) is 15.8. The molecule has 0 saturated carbocycles. The van der Waals surface area contributed by atoms with E-state index < -0.39 is 0 Å². The van der Waals surface area contributed by atoms with E-state index in [0.717, 1.165) is 45.9 Å². The monoisotopic (exact) mass is 468 g/mol. The number of likely N-dealkylation sites (tertiary alicyclic amines) is 1. The summed E-state index contributed by atoms with van der Waals surface area (Å²) in [6.07, 6.45) is 1.96. The molecule has 0 spiro atoms. The van der Waals surface area contributed by atoms with Gasteiger partial charge in [0.1, 0.15) is 13.2 Å². The molecular weight excluding hydrogens is 444 g/mol. The SMILES string of the molecule is O=C(CSc1nnc(NCc2ccccc2)s1)N1CCC[C@@H]1c1ccc2c(c1)OCCO2. The smallest absolute Gasteiger partial charge is 0.233 e. The van der Waals surface area contributed by atoms with E-state index in [1.807, 2.05) is 41.3 Å². The number of anilines is 1. The van der Waals surface area contributed by atoms with Gasteiger partial charge in [-0.05, 0) is 36.1 Å². The maximum atomic E-state index is 13.0. The molecule has 1 saturated heterocycles.